The van der Waals surface area contributed by atoms with Gasteiger partial charge in [0.25, 0.3) is 0 Å². The number of ketones is 1. The average Bonchev–Trinajstić information content (AvgIpc) is 2.27. The maximum Gasteiger partial charge on any atom is 0.165 e. The van der Waals surface area contributed by atoms with Gasteiger partial charge >= 0.3 is 0 Å². The molecule has 2 nitrogen and oxygen atoms in total. The topological polar surface area (TPSA) is 26.3 Å². The number of hydrogen-bond acceptors (Lipinski definition) is 2. The maximum atomic E-state index is 12.7. The fourth-order valence-corrected chi connectivity index (χ4v) is 2.95. The van der Waals surface area contributed by atoms with Gasteiger partial charge in [0, 0.05) is 12.5 Å². The molecule has 0 heterocycles. The lowest BCUT2D eigenvalue weighted by Crippen LogP contribution is -2.42. The minimum absolute atomic E-state index is 0.0978. The van der Waals surface area contributed by atoms with E-state index in [9.17, 15) is 4.79 Å². The van der Waals surface area contributed by atoms with Crippen LogP contribution in [0.4, 0.5) is 0 Å². The van der Waals surface area contributed by atoms with Crippen LogP contribution in [-0.2, 0) is 9.53 Å². The van der Waals surface area contributed by atoms with E-state index in [0.29, 0.717) is 18.3 Å². The van der Waals surface area contributed by atoms with Gasteiger partial charge in [0.1, 0.15) is 6.10 Å². The Hall–Kier alpha value is -0.370. The van der Waals surface area contributed by atoms with E-state index in [1.165, 1.54) is 6.42 Å². The lowest BCUT2D eigenvalue weighted by Gasteiger charge is -2.36. The molecule has 1 rings (SSSR count). The number of Topliss-reactive ketones (excluding diaryl/α,β-unsaturated/α-hetero) is 1. The number of carbonyl (C=O) groups is 1. The molecule has 0 aromatic rings. The highest BCUT2D eigenvalue weighted by molar-refractivity contribution is 5.86. The fourth-order valence-electron chi connectivity index (χ4n) is 2.95. The minimum atomic E-state index is -0.242. The predicted molar refractivity (Wildman–Crippen MR) is 75.5 cm³/mol. The molecule has 1 aliphatic carbocycles. The van der Waals surface area contributed by atoms with Crippen LogP contribution in [0.5, 0.6) is 0 Å². The third-order valence-electron chi connectivity index (χ3n) is 4.38. The molecule has 0 aliphatic heterocycles. The Morgan fingerprint density at radius 2 is 1.83 bits per heavy atom. The zero-order valence-corrected chi connectivity index (χ0v) is 13.0. The van der Waals surface area contributed by atoms with Gasteiger partial charge in [0.2, 0.25) is 0 Å². The van der Waals surface area contributed by atoms with Crippen LogP contribution in [0.25, 0.3) is 0 Å². The van der Waals surface area contributed by atoms with E-state index in [2.05, 4.69) is 34.6 Å². The van der Waals surface area contributed by atoms with E-state index in [1.807, 2.05) is 6.92 Å². The van der Waals surface area contributed by atoms with Crippen LogP contribution in [0, 0.1) is 23.2 Å². The first-order chi connectivity index (χ1) is 8.27. The largest absolute Gasteiger partial charge is 0.370 e. The van der Waals surface area contributed by atoms with Crippen molar-refractivity contribution < 1.29 is 9.53 Å². The van der Waals surface area contributed by atoms with Crippen LogP contribution in [0.2, 0.25) is 0 Å². The second-order valence-corrected chi connectivity index (χ2v) is 7.07. The van der Waals surface area contributed by atoms with Gasteiger partial charge < -0.3 is 4.74 Å². The van der Waals surface area contributed by atoms with Crippen molar-refractivity contribution in [3.05, 3.63) is 0 Å². The Kier molecular flexibility index (Phi) is 5.39. The molecule has 106 valence electrons. The lowest BCUT2D eigenvalue weighted by molar-refractivity contribution is -0.143. The lowest BCUT2D eigenvalue weighted by atomic mass is 9.71. The van der Waals surface area contributed by atoms with Crippen molar-refractivity contribution in [1.29, 1.82) is 0 Å². The van der Waals surface area contributed by atoms with Crippen molar-refractivity contribution >= 4 is 5.78 Å². The van der Waals surface area contributed by atoms with E-state index in [1.54, 1.807) is 0 Å². The van der Waals surface area contributed by atoms with Crippen LogP contribution in [0.1, 0.15) is 60.8 Å². The highest BCUT2D eigenvalue weighted by atomic mass is 16.5. The molecule has 4 unspecified atom stereocenters. The van der Waals surface area contributed by atoms with Crippen molar-refractivity contribution in [3.8, 4) is 0 Å². The SMILES string of the molecule is CCOC(C(=O)C1CCC(C)C(C)C1)C(C)(C)C. The highest BCUT2D eigenvalue weighted by Gasteiger charge is 2.38. The van der Waals surface area contributed by atoms with E-state index < -0.39 is 0 Å². The van der Waals surface area contributed by atoms with Crippen molar-refractivity contribution in [1.82, 2.24) is 0 Å². The Bertz CT molecular complexity index is 277. The molecule has 0 saturated heterocycles. The number of carbonyl (C=O) groups excluding carboxylic acids is 1. The minimum Gasteiger partial charge on any atom is -0.370 e. The summed E-state index contributed by atoms with van der Waals surface area (Å²) in [5.41, 5.74) is -0.0978. The second kappa shape index (κ2) is 6.18. The fraction of sp³-hybridized carbons (Fsp3) is 0.938. The van der Waals surface area contributed by atoms with E-state index in [-0.39, 0.29) is 17.4 Å². The molecule has 0 radical (unpaired) electrons. The van der Waals surface area contributed by atoms with Crippen molar-refractivity contribution in [2.45, 2.75) is 66.9 Å². The van der Waals surface area contributed by atoms with Crippen molar-refractivity contribution in [2.75, 3.05) is 6.61 Å². The molecule has 0 aromatic heterocycles. The molecule has 2 heteroatoms. The molecule has 1 aliphatic rings. The molecule has 0 bridgehead atoms. The van der Waals surface area contributed by atoms with E-state index >= 15 is 0 Å². The summed E-state index contributed by atoms with van der Waals surface area (Å²) >= 11 is 0. The van der Waals surface area contributed by atoms with Crippen LogP contribution >= 0.6 is 0 Å². The van der Waals surface area contributed by atoms with Crippen LogP contribution in [0.3, 0.4) is 0 Å². The predicted octanol–water partition coefficient (Wildman–Crippen LogP) is 4.08. The Morgan fingerprint density at radius 3 is 2.28 bits per heavy atom. The molecule has 0 spiro atoms. The summed E-state index contributed by atoms with van der Waals surface area (Å²) in [6, 6.07) is 0. The van der Waals surface area contributed by atoms with Crippen molar-refractivity contribution in [2.24, 2.45) is 23.2 Å². The van der Waals surface area contributed by atoms with E-state index in [0.717, 1.165) is 18.8 Å². The number of ether oxygens (including phenoxy) is 1. The molecule has 1 saturated carbocycles. The highest BCUT2D eigenvalue weighted by Crippen LogP contribution is 2.36. The van der Waals surface area contributed by atoms with Gasteiger partial charge in [-0.1, -0.05) is 34.6 Å². The quantitative estimate of drug-likeness (QED) is 0.755. The summed E-state index contributed by atoms with van der Waals surface area (Å²) in [5, 5.41) is 0. The molecular weight excluding hydrogens is 224 g/mol. The summed E-state index contributed by atoms with van der Waals surface area (Å²) in [6.07, 6.45) is 3.03. The molecule has 0 N–H and O–H groups in total. The molecule has 4 atom stereocenters. The third kappa shape index (κ3) is 3.81. The summed E-state index contributed by atoms with van der Waals surface area (Å²) in [6.45, 7) is 13.5. The number of rotatable bonds is 4. The Morgan fingerprint density at radius 1 is 1.22 bits per heavy atom. The van der Waals surface area contributed by atoms with Gasteiger partial charge in [-0.25, -0.2) is 0 Å². The summed E-state index contributed by atoms with van der Waals surface area (Å²) in [7, 11) is 0. The maximum absolute atomic E-state index is 12.7. The molecule has 18 heavy (non-hydrogen) atoms. The van der Waals surface area contributed by atoms with Crippen LogP contribution < -0.4 is 0 Å². The second-order valence-electron chi connectivity index (χ2n) is 7.07. The monoisotopic (exact) mass is 254 g/mol. The standard InChI is InChI=1S/C16H30O2/c1-7-18-15(16(4,5)6)14(17)13-9-8-11(2)12(3)10-13/h11-13,15H,7-10H2,1-6H3. The van der Waals surface area contributed by atoms with Crippen LogP contribution in [-0.4, -0.2) is 18.5 Å². The number of hydrogen-bond donors (Lipinski definition) is 0. The third-order valence-corrected chi connectivity index (χ3v) is 4.38. The average molecular weight is 254 g/mol. The first-order valence-corrected chi connectivity index (χ1v) is 7.42. The van der Waals surface area contributed by atoms with Gasteiger partial charge in [0.15, 0.2) is 5.78 Å². The van der Waals surface area contributed by atoms with E-state index in [4.69, 9.17) is 4.74 Å². The zero-order valence-electron chi connectivity index (χ0n) is 13.0. The normalized spacial score (nSPS) is 31.1. The van der Waals surface area contributed by atoms with Gasteiger partial charge in [-0.3, -0.25) is 4.79 Å². The Labute approximate surface area is 112 Å². The first-order valence-electron chi connectivity index (χ1n) is 7.42. The van der Waals surface area contributed by atoms with Crippen LogP contribution in [0.15, 0.2) is 0 Å². The molecule has 0 aromatic carbocycles. The molecular formula is C16H30O2. The Balaban J connectivity index is 2.72. The molecule has 1 fully saturated rings. The zero-order chi connectivity index (χ0) is 13.9. The van der Waals surface area contributed by atoms with Gasteiger partial charge in [0.05, 0.1) is 0 Å². The first kappa shape index (κ1) is 15.7. The van der Waals surface area contributed by atoms with Crippen molar-refractivity contribution in [3.63, 3.8) is 0 Å². The van der Waals surface area contributed by atoms with Gasteiger partial charge in [-0.2, -0.15) is 0 Å². The van der Waals surface area contributed by atoms with Gasteiger partial charge in [-0.15, -0.1) is 0 Å². The smallest absolute Gasteiger partial charge is 0.165 e. The molecule has 0 amide bonds. The summed E-state index contributed by atoms with van der Waals surface area (Å²) in [5.74, 6) is 1.97. The van der Waals surface area contributed by atoms with Gasteiger partial charge in [-0.05, 0) is 43.4 Å². The summed E-state index contributed by atoms with van der Waals surface area (Å²) < 4.78 is 5.73. The summed E-state index contributed by atoms with van der Waals surface area (Å²) in [4.78, 5) is 12.7.